The molecule has 0 aromatic carbocycles. The van der Waals surface area contributed by atoms with Crippen molar-refractivity contribution in [1.29, 1.82) is 0 Å². The normalized spacial score (nSPS) is 11.8. The van der Waals surface area contributed by atoms with Crippen LogP contribution in [0.2, 0.25) is 0 Å². The highest BCUT2D eigenvalue weighted by Crippen LogP contribution is 2.19. The molecule has 5 nitrogen and oxygen atoms in total. The highest BCUT2D eigenvalue weighted by atomic mass is 32.2. The van der Waals surface area contributed by atoms with Crippen LogP contribution < -0.4 is 10.0 Å². The van der Waals surface area contributed by atoms with Gasteiger partial charge in [0.15, 0.2) is 0 Å². The topological polar surface area (TPSA) is 71.1 Å². The van der Waals surface area contributed by atoms with Crippen molar-refractivity contribution in [2.24, 2.45) is 0 Å². The van der Waals surface area contributed by atoms with Crippen molar-refractivity contribution < 1.29 is 8.42 Å². The van der Waals surface area contributed by atoms with E-state index in [0.29, 0.717) is 23.7 Å². The first-order chi connectivity index (χ1) is 9.12. The van der Waals surface area contributed by atoms with Crippen LogP contribution in [0.25, 0.3) is 0 Å². The Bertz CT molecular complexity index is 605. The summed E-state index contributed by atoms with van der Waals surface area (Å²) in [6, 6.07) is 1.70. The molecule has 0 aliphatic carbocycles. The highest BCUT2D eigenvalue weighted by molar-refractivity contribution is 7.91. The molecular weight excluding hydrogens is 302 g/mol. The SMILES string of the molecule is CNCc1csc(S(=O)(=O)NCCc2cscn2)c1. The molecule has 2 rings (SSSR count). The minimum absolute atomic E-state index is 0.357. The Labute approximate surface area is 120 Å². The third-order valence-electron chi connectivity index (χ3n) is 2.43. The van der Waals surface area contributed by atoms with Gasteiger partial charge in [0, 0.05) is 24.9 Å². The number of rotatable bonds is 7. The fourth-order valence-corrected chi connectivity index (χ4v) is 4.42. The smallest absolute Gasteiger partial charge is 0.250 e. The quantitative estimate of drug-likeness (QED) is 0.811. The minimum atomic E-state index is -3.39. The summed E-state index contributed by atoms with van der Waals surface area (Å²) in [7, 11) is -1.56. The Balaban J connectivity index is 1.93. The number of sulfonamides is 1. The molecule has 0 saturated carbocycles. The van der Waals surface area contributed by atoms with Crippen molar-refractivity contribution >= 4 is 32.7 Å². The first-order valence-electron chi connectivity index (χ1n) is 5.70. The Morgan fingerprint density at radius 1 is 1.37 bits per heavy atom. The highest BCUT2D eigenvalue weighted by Gasteiger charge is 2.16. The maximum absolute atomic E-state index is 12.0. The Morgan fingerprint density at radius 2 is 2.21 bits per heavy atom. The zero-order valence-corrected chi connectivity index (χ0v) is 12.9. The molecule has 2 aromatic rings. The van der Waals surface area contributed by atoms with Crippen LogP contribution in [0.4, 0.5) is 0 Å². The number of hydrogen-bond acceptors (Lipinski definition) is 6. The van der Waals surface area contributed by atoms with Crippen LogP contribution >= 0.6 is 22.7 Å². The van der Waals surface area contributed by atoms with E-state index >= 15 is 0 Å². The van der Waals surface area contributed by atoms with Crippen molar-refractivity contribution in [2.75, 3.05) is 13.6 Å². The van der Waals surface area contributed by atoms with Crippen molar-refractivity contribution in [3.05, 3.63) is 33.6 Å². The van der Waals surface area contributed by atoms with Gasteiger partial charge in [0.05, 0.1) is 11.2 Å². The van der Waals surface area contributed by atoms with E-state index in [2.05, 4.69) is 15.0 Å². The van der Waals surface area contributed by atoms with Crippen LogP contribution in [-0.4, -0.2) is 27.0 Å². The molecule has 0 atom stereocenters. The monoisotopic (exact) mass is 317 g/mol. The average Bonchev–Trinajstić information content (AvgIpc) is 3.00. The number of nitrogens with one attached hydrogen (secondary N) is 2. The molecule has 0 amide bonds. The minimum Gasteiger partial charge on any atom is -0.316 e. The lowest BCUT2D eigenvalue weighted by Crippen LogP contribution is -2.25. The lowest BCUT2D eigenvalue weighted by molar-refractivity contribution is 0.583. The summed E-state index contributed by atoms with van der Waals surface area (Å²) in [5, 5.41) is 6.77. The van der Waals surface area contributed by atoms with E-state index in [9.17, 15) is 8.42 Å². The van der Waals surface area contributed by atoms with Crippen molar-refractivity contribution in [3.8, 4) is 0 Å². The summed E-state index contributed by atoms with van der Waals surface area (Å²) in [4.78, 5) is 4.12. The van der Waals surface area contributed by atoms with E-state index < -0.39 is 10.0 Å². The second-order valence-electron chi connectivity index (χ2n) is 3.93. The predicted molar refractivity (Wildman–Crippen MR) is 78.1 cm³/mol. The largest absolute Gasteiger partial charge is 0.316 e. The fourth-order valence-electron chi connectivity index (χ4n) is 1.54. The van der Waals surface area contributed by atoms with E-state index in [-0.39, 0.29) is 0 Å². The van der Waals surface area contributed by atoms with Gasteiger partial charge in [-0.05, 0) is 24.1 Å². The predicted octanol–water partition coefficient (Wildman–Crippen LogP) is 1.44. The Morgan fingerprint density at radius 3 is 2.89 bits per heavy atom. The van der Waals surface area contributed by atoms with Gasteiger partial charge in [-0.2, -0.15) is 0 Å². The Hall–Kier alpha value is -0.800. The third-order valence-corrected chi connectivity index (χ3v) is 6.02. The number of aromatic nitrogens is 1. The standard InChI is InChI=1S/C11H15N3O2S3/c1-12-5-9-4-11(18-6-9)19(15,16)14-3-2-10-7-17-8-13-10/h4,6-8,12,14H,2-3,5H2,1H3. The molecule has 104 valence electrons. The van der Waals surface area contributed by atoms with Gasteiger partial charge in [-0.3, -0.25) is 0 Å². The summed E-state index contributed by atoms with van der Waals surface area (Å²) in [6.07, 6.45) is 0.609. The van der Waals surface area contributed by atoms with E-state index in [0.717, 1.165) is 11.3 Å². The molecular formula is C11H15N3O2S3. The maximum atomic E-state index is 12.0. The second-order valence-corrected chi connectivity index (χ2v) is 7.56. The van der Waals surface area contributed by atoms with Gasteiger partial charge in [0.25, 0.3) is 0 Å². The van der Waals surface area contributed by atoms with Crippen molar-refractivity contribution in [1.82, 2.24) is 15.0 Å². The number of thiazole rings is 1. The molecule has 0 bridgehead atoms. The molecule has 2 aromatic heterocycles. The number of thiophene rings is 1. The van der Waals surface area contributed by atoms with Gasteiger partial charge in [-0.15, -0.1) is 22.7 Å². The summed E-state index contributed by atoms with van der Waals surface area (Å²) < 4.78 is 27.0. The molecule has 2 heterocycles. The van der Waals surface area contributed by atoms with Gasteiger partial charge >= 0.3 is 0 Å². The summed E-state index contributed by atoms with van der Waals surface area (Å²) in [6.45, 7) is 1.04. The van der Waals surface area contributed by atoms with E-state index in [1.165, 1.54) is 22.7 Å². The van der Waals surface area contributed by atoms with Crippen molar-refractivity contribution in [2.45, 2.75) is 17.2 Å². The second kappa shape index (κ2) is 6.58. The average molecular weight is 317 g/mol. The van der Waals surface area contributed by atoms with Gasteiger partial charge in [-0.25, -0.2) is 18.1 Å². The molecule has 0 unspecified atom stereocenters. The van der Waals surface area contributed by atoms with Gasteiger partial charge < -0.3 is 5.32 Å². The molecule has 0 spiro atoms. The van der Waals surface area contributed by atoms with Gasteiger partial charge in [0.2, 0.25) is 10.0 Å². The lowest BCUT2D eigenvalue weighted by Gasteiger charge is -2.03. The summed E-state index contributed by atoms with van der Waals surface area (Å²) in [5.74, 6) is 0. The molecule has 0 saturated heterocycles. The zero-order valence-electron chi connectivity index (χ0n) is 10.4. The summed E-state index contributed by atoms with van der Waals surface area (Å²) in [5.41, 5.74) is 3.63. The molecule has 8 heteroatoms. The molecule has 2 N–H and O–H groups in total. The van der Waals surface area contributed by atoms with Crippen LogP contribution in [0.15, 0.2) is 26.5 Å². The van der Waals surface area contributed by atoms with Crippen molar-refractivity contribution in [3.63, 3.8) is 0 Å². The number of hydrogen-bond donors (Lipinski definition) is 2. The first kappa shape index (κ1) is 14.6. The zero-order chi connectivity index (χ0) is 13.7. The van der Waals surface area contributed by atoms with Crippen LogP contribution in [0, 0.1) is 0 Å². The van der Waals surface area contributed by atoms with Crippen LogP contribution in [0.5, 0.6) is 0 Å². The van der Waals surface area contributed by atoms with Crippen LogP contribution in [0.1, 0.15) is 11.3 Å². The molecule has 0 radical (unpaired) electrons. The van der Waals surface area contributed by atoms with Crippen LogP contribution in [0.3, 0.4) is 0 Å². The lowest BCUT2D eigenvalue weighted by atomic mass is 10.3. The molecule has 0 aliphatic heterocycles. The van der Waals surface area contributed by atoms with Gasteiger partial charge in [-0.1, -0.05) is 0 Å². The molecule has 0 aliphatic rings. The third kappa shape index (κ3) is 4.08. The number of nitrogens with zero attached hydrogens (tertiary/aromatic N) is 1. The first-order valence-corrected chi connectivity index (χ1v) is 9.01. The molecule has 19 heavy (non-hydrogen) atoms. The van der Waals surface area contributed by atoms with Gasteiger partial charge in [0.1, 0.15) is 4.21 Å². The van der Waals surface area contributed by atoms with E-state index in [4.69, 9.17) is 0 Å². The molecule has 0 fully saturated rings. The van der Waals surface area contributed by atoms with E-state index in [1.54, 1.807) is 11.6 Å². The van der Waals surface area contributed by atoms with Crippen LogP contribution in [-0.2, 0) is 23.0 Å². The van der Waals surface area contributed by atoms with E-state index in [1.807, 2.05) is 17.8 Å². The summed E-state index contributed by atoms with van der Waals surface area (Å²) >= 11 is 2.75. The Kier molecular flexibility index (Phi) is 5.06. The maximum Gasteiger partial charge on any atom is 0.250 e. The fraction of sp³-hybridized carbons (Fsp3) is 0.364.